The summed E-state index contributed by atoms with van der Waals surface area (Å²) in [7, 11) is 1.37. The minimum absolute atomic E-state index is 0.216. The highest BCUT2D eigenvalue weighted by molar-refractivity contribution is 5.94. The largest absolute Gasteiger partial charge is 0.465 e. The van der Waals surface area contributed by atoms with E-state index in [4.69, 9.17) is 9.84 Å². The zero-order chi connectivity index (χ0) is 23.5. The first-order chi connectivity index (χ1) is 16.6. The fourth-order valence-corrected chi connectivity index (χ4v) is 4.57. The van der Waals surface area contributed by atoms with Crippen molar-refractivity contribution < 1.29 is 9.53 Å². The van der Waals surface area contributed by atoms with Gasteiger partial charge in [0.2, 0.25) is 0 Å². The van der Waals surface area contributed by atoms with Crippen LogP contribution >= 0.6 is 0 Å². The molecule has 1 fully saturated rings. The molecular formula is C27H27N5O2. The van der Waals surface area contributed by atoms with E-state index in [0.717, 1.165) is 54.2 Å². The average molecular weight is 454 g/mol. The van der Waals surface area contributed by atoms with E-state index in [1.165, 1.54) is 12.7 Å². The summed E-state index contributed by atoms with van der Waals surface area (Å²) in [6.45, 7) is 4.60. The number of fused-ring (bicyclic) bond motifs is 1. The summed E-state index contributed by atoms with van der Waals surface area (Å²) in [5.41, 5.74) is 2.67. The van der Waals surface area contributed by atoms with Gasteiger partial charge in [0, 0.05) is 49.1 Å². The van der Waals surface area contributed by atoms with E-state index in [1.54, 1.807) is 12.3 Å². The number of ether oxygens (including phenoxy) is 1. The predicted octanol–water partition coefficient (Wildman–Crippen LogP) is 4.12. The Morgan fingerprint density at radius 2 is 1.74 bits per heavy atom. The van der Waals surface area contributed by atoms with Crippen molar-refractivity contribution in [3.8, 4) is 0 Å². The second-order valence-corrected chi connectivity index (χ2v) is 8.56. The van der Waals surface area contributed by atoms with Crippen LogP contribution in [0.15, 0.2) is 72.9 Å². The zero-order valence-electron chi connectivity index (χ0n) is 19.4. The summed E-state index contributed by atoms with van der Waals surface area (Å²) in [4.78, 5) is 20.7. The van der Waals surface area contributed by atoms with Crippen molar-refractivity contribution in [1.29, 1.82) is 0 Å². The number of aromatic nitrogens is 3. The quantitative estimate of drug-likeness (QED) is 0.421. The van der Waals surface area contributed by atoms with Gasteiger partial charge in [-0.15, -0.1) is 5.10 Å². The lowest BCUT2D eigenvalue weighted by atomic mass is 10.0. The van der Waals surface area contributed by atoms with E-state index in [1.807, 2.05) is 12.1 Å². The van der Waals surface area contributed by atoms with Crippen LogP contribution in [0.1, 0.15) is 28.5 Å². The van der Waals surface area contributed by atoms with Crippen molar-refractivity contribution in [2.45, 2.75) is 19.4 Å². The molecule has 0 aliphatic carbocycles. The Morgan fingerprint density at radius 1 is 0.971 bits per heavy atom. The number of carbonyl (C=O) groups excluding carboxylic acids is 1. The van der Waals surface area contributed by atoms with Gasteiger partial charge in [-0.3, -0.25) is 0 Å². The van der Waals surface area contributed by atoms with Crippen LogP contribution in [-0.2, 0) is 11.2 Å². The van der Waals surface area contributed by atoms with Crippen LogP contribution in [0.3, 0.4) is 0 Å². The number of benzene rings is 2. The third-order valence-corrected chi connectivity index (χ3v) is 6.35. The summed E-state index contributed by atoms with van der Waals surface area (Å²) in [6.07, 6.45) is 2.33. The van der Waals surface area contributed by atoms with Crippen molar-refractivity contribution in [3.63, 3.8) is 0 Å². The molecule has 5 rings (SSSR count). The lowest BCUT2D eigenvalue weighted by Gasteiger charge is -2.41. The zero-order valence-corrected chi connectivity index (χ0v) is 19.4. The maximum Gasteiger partial charge on any atom is 0.339 e. The van der Waals surface area contributed by atoms with Gasteiger partial charge in [0.1, 0.15) is 5.82 Å². The molecule has 0 bridgehead atoms. The number of nitrogens with zero attached hydrogens (tertiary/aromatic N) is 5. The van der Waals surface area contributed by atoms with Crippen LogP contribution in [0.2, 0.25) is 0 Å². The number of hydrogen-bond acceptors (Lipinski definition) is 7. The molecule has 7 nitrogen and oxygen atoms in total. The fraction of sp³-hybridized carbons (Fsp3) is 0.259. The second kappa shape index (κ2) is 9.47. The first-order valence-electron chi connectivity index (χ1n) is 11.5. The van der Waals surface area contributed by atoms with Crippen LogP contribution in [0, 0.1) is 0 Å². The molecule has 1 atom stereocenters. The maximum absolute atomic E-state index is 11.7. The van der Waals surface area contributed by atoms with Gasteiger partial charge >= 0.3 is 5.97 Å². The lowest BCUT2D eigenvalue weighted by Crippen LogP contribution is -2.52. The molecule has 2 aromatic carbocycles. The third-order valence-electron chi connectivity index (χ3n) is 6.35. The van der Waals surface area contributed by atoms with Gasteiger partial charge in [-0.1, -0.05) is 54.6 Å². The van der Waals surface area contributed by atoms with Gasteiger partial charge in [0.15, 0.2) is 5.82 Å². The number of pyridine rings is 1. The third kappa shape index (κ3) is 4.29. The Morgan fingerprint density at radius 3 is 2.44 bits per heavy atom. The molecule has 1 aliphatic heterocycles. The highest BCUT2D eigenvalue weighted by Gasteiger charge is 2.27. The number of hydrogen-bond donors (Lipinski definition) is 0. The number of carbonyl (C=O) groups is 1. The summed E-state index contributed by atoms with van der Waals surface area (Å²) in [5.74, 6) is 1.40. The summed E-state index contributed by atoms with van der Waals surface area (Å²) in [6, 6.07) is 22.6. The minimum Gasteiger partial charge on any atom is -0.465 e. The predicted molar refractivity (Wildman–Crippen MR) is 133 cm³/mol. The SMILES string of the molecule is COC(=O)c1ccc(N2CCN(c3nnc(Cc4ccccc4)c4ccccc34)C(C)C2)nc1. The monoisotopic (exact) mass is 453 g/mol. The molecule has 0 N–H and O–H groups in total. The normalized spacial score (nSPS) is 16.0. The summed E-state index contributed by atoms with van der Waals surface area (Å²) < 4.78 is 4.77. The van der Waals surface area contributed by atoms with Gasteiger partial charge in [0.05, 0.1) is 18.4 Å². The van der Waals surface area contributed by atoms with E-state index in [9.17, 15) is 4.79 Å². The van der Waals surface area contributed by atoms with Crippen molar-refractivity contribution in [3.05, 3.63) is 89.7 Å². The van der Waals surface area contributed by atoms with Crippen molar-refractivity contribution in [2.75, 3.05) is 36.5 Å². The van der Waals surface area contributed by atoms with Crippen molar-refractivity contribution in [2.24, 2.45) is 0 Å². The second-order valence-electron chi connectivity index (χ2n) is 8.56. The van der Waals surface area contributed by atoms with Crippen LogP contribution in [-0.4, -0.2) is 53.9 Å². The molecule has 1 unspecified atom stereocenters. The average Bonchev–Trinajstić information content (AvgIpc) is 2.89. The summed E-state index contributed by atoms with van der Waals surface area (Å²) in [5, 5.41) is 11.6. The van der Waals surface area contributed by atoms with Crippen LogP contribution < -0.4 is 9.80 Å². The van der Waals surface area contributed by atoms with Crippen LogP contribution in [0.4, 0.5) is 11.6 Å². The van der Waals surface area contributed by atoms with Gasteiger partial charge < -0.3 is 14.5 Å². The Bertz CT molecular complexity index is 1290. The molecule has 172 valence electrons. The number of esters is 1. The Balaban J connectivity index is 1.37. The molecular weight excluding hydrogens is 426 g/mol. The highest BCUT2D eigenvalue weighted by Crippen LogP contribution is 2.30. The molecule has 7 heteroatoms. The molecule has 34 heavy (non-hydrogen) atoms. The van der Waals surface area contributed by atoms with E-state index in [0.29, 0.717) is 5.56 Å². The highest BCUT2D eigenvalue weighted by atomic mass is 16.5. The number of methoxy groups -OCH3 is 1. The Kier molecular flexibility index (Phi) is 6.08. The number of anilines is 2. The standard InChI is InChI=1S/C27H27N5O2/c1-19-18-31(25-13-12-21(17-28-25)27(33)34-2)14-15-32(19)26-23-11-7-6-10-22(23)24(29-30-26)16-20-8-4-3-5-9-20/h3-13,17,19H,14-16,18H2,1-2H3. The van der Waals surface area contributed by atoms with E-state index in [-0.39, 0.29) is 12.0 Å². The smallest absolute Gasteiger partial charge is 0.339 e. The Hall–Kier alpha value is -4.00. The first-order valence-corrected chi connectivity index (χ1v) is 11.5. The Labute approximate surface area is 199 Å². The fourth-order valence-electron chi connectivity index (χ4n) is 4.57. The number of piperazine rings is 1. The van der Waals surface area contributed by atoms with Gasteiger partial charge in [-0.25, -0.2) is 9.78 Å². The van der Waals surface area contributed by atoms with Gasteiger partial charge in [0.25, 0.3) is 0 Å². The lowest BCUT2D eigenvalue weighted by molar-refractivity contribution is 0.0600. The van der Waals surface area contributed by atoms with Crippen LogP contribution in [0.25, 0.3) is 10.8 Å². The number of rotatable bonds is 5. The van der Waals surface area contributed by atoms with Crippen LogP contribution in [0.5, 0.6) is 0 Å². The van der Waals surface area contributed by atoms with E-state index >= 15 is 0 Å². The van der Waals surface area contributed by atoms with Crippen molar-refractivity contribution in [1.82, 2.24) is 15.2 Å². The van der Waals surface area contributed by atoms with Gasteiger partial charge in [-0.05, 0) is 24.6 Å². The van der Waals surface area contributed by atoms with E-state index < -0.39 is 0 Å². The molecule has 0 amide bonds. The molecule has 4 aromatic rings. The molecule has 2 aromatic heterocycles. The topological polar surface area (TPSA) is 71.5 Å². The summed E-state index contributed by atoms with van der Waals surface area (Å²) >= 11 is 0. The molecule has 0 radical (unpaired) electrons. The first kappa shape index (κ1) is 21.8. The molecule has 3 heterocycles. The van der Waals surface area contributed by atoms with Gasteiger partial charge in [-0.2, -0.15) is 5.10 Å². The minimum atomic E-state index is -0.376. The maximum atomic E-state index is 11.7. The molecule has 0 saturated carbocycles. The van der Waals surface area contributed by atoms with Crippen molar-refractivity contribution >= 4 is 28.4 Å². The van der Waals surface area contributed by atoms with E-state index in [2.05, 4.69) is 75.3 Å². The molecule has 1 aliphatic rings. The molecule has 1 saturated heterocycles. The molecule has 0 spiro atoms.